The van der Waals surface area contributed by atoms with Crippen molar-refractivity contribution in [3.8, 4) is 0 Å². The molecule has 1 N–H and O–H groups in total. The van der Waals surface area contributed by atoms with Gasteiger partial charge in [0.05, 0.1) is 0 Å². The fourth-order valence-corrected chi connectivity index (χ4v) is 3.50. The molecule has 0 aliphatic carbocycles. The lowest BCUT2D eigenvalue weighted by Crippen LogP contribution is -2.64. The first-order valence-electron chi connectivity index (χ1n) is 6.26. The van der Waals surface area contributed by atoms with Crippen molar-refractivity contribution < 1.29 is 14.7 Å². The molecule has 17 heavy (non-hydrogen) atoms. The Balaban J connectivity index is 2.37. The standard InChI is InChI=1S/C12H20N2O3/c1-3-14(9(2)15)12(11(16)17)5-7-13-6-4-10(12)8-13/h10H,3-8H2,1-2H3,(H,16,17). The van der Waals surface area contributed by atoms with E-state index in [1.807, 2.05) is 6.92 Å². The highest BCUT2D eigenvalue weighted by molar-refractivity contribution is 5.86. The molecule has 2 heterocycles. The largest absolute Gasteiger partial charge is 0.479 e. The molecule has 5 heteroatoms. The van der Waals surface area contributed by atoms with E-state index in [4.69, 9.17) is 0 Å². The zero-order chi connectivity index (χ0) is 12.6. The molecule has 3 atom stereocenters. The predicted octanol–water partition coefficient (Wildman–Crippen LogP) is 0.404. The number of likely N-dealkylation sites (N-methyl/N-ethyl adjacent to an activating group) is 1. The van der Waals surface area contributed by atoms with E-state index in [9.17, 15) is 14.7 Å². The first kappa shape index (κ1) is 12.4. The Morgan fingerprint density at radius 1 is 1.47 bits per heavy atom. The Hall–Kier alpha value is -1.10. The average Bonchev–Trinajstić information content (AvgIpc) is 2.66. The van der Waals surface area contributed by atoms with Crippen molar-refractivity contribution in [2.75, 3.05) is 26.2 Å². The second-order valence-electron chi connectivity index (χ2n) is 5.03. The zero-order valence-corrected chi connectivity index (χ0v) is 10.5. The number of aliphatic carboxylic acids is 1. The minimum Gasteiger partial charge on any atom is -0.479 e. The maximum Gasteiger partial charge on any atom is 0.330 e. The molecule has 2 fully saturated rings. The van der Waals surface area contributed by atoms with Crippen molar-refractivity contribution in [2.45, 2.75) is 32.2 Å². The van der Waals surface area contributed by atoms with Crippen LogP contribution in [0.5, 0.6) is 0 Å². The van der Waals surface area contributed by atoms with E-state index >= 15 is 0 Å². The summed E-state index contributed by atoms with van der Waals surface area (Å²) in [6.07, 6.45) is 1.44. The van der Waals surface area contributed by atoms with Gasteiger partial charge in [-0.05, 0) is 26.3 Å². The van der Waals surface area contributed by atoms with Crippen molar-refractivity contribution in [1.29, 1.82) is 0 Å². The molecule has 0 spiro atoms. The number of carboxylic acid groups (broad SMARTS) is 1. The molecule has 0 aromatic carbocycles. The molecular formula is C12H20N2O3. The number of amides is 1. The summed E-state index contributed by atoms with van der Waals surface area (Å²) in [6.45, 7) is 6.36. The number of hydrogen-bond acceptors (Lipinski definition) is 3. The van der Waals surface area contributed by atoms with Crippen molar-refractivity contribution in [3.63, 3.8) is 0 Å². The highest BCUT2D eigenvalue weighted by Gasteiger charge is 2.55. The molecule has 2 aliphatic heterocycles. The second-order valence-corrected chi connectivity index (χ2v) is 5.03. The average molecular weight is 240 g/mol. The Bertz CT molecular complexity index is 345. The first-order chi connectivity index (χ1) is 8.02. The van der Waals surface area contributed by atoms with E-state index < -0.39 is 11.5 Å². The smallest absolute Gasteiger partial charge is 0.330 e. The van der Waals surface area contributed by atoms with Crippen LogP contribution in [0.3, 0.4) is 0 Å². The Morgan fingerprint density at radius 3 is 2.71 bits per heavy atom. The topological polar surface area (TPSA) is 60.9 Å². The van der Waals surface area contributed by atoms with E-state index in [1.165, 1.54) is 6.92 Å². The van der Waals surface area contributed by atoms with Gasteiger partial charge in [-0.15, -0.1) is 0 Å². The maximum atomic E-state index is 11.8. The van der Waals surface area contributed by atoms with Gasteiger partial charge in [0.2, 0.25) is 5.91 Å². The fourth-order valence-electron chi connectivity index (χ4n) is 3.50. The van der Waals surface area contributed by atoms with E-state index in [-0.39, 0.29) is 11.8 Å². The molecule has 0 saturated carbocycles. The van der Waals surface area contributed by atoms with Crippen LogP contribution >= 0.6 is 0 Å². The molecular weight excluding hydrogens is 220 g/mol. The molecule has 0 aromatic heterocycles. The summed E-state index contributed by atoms with van der Waals surface area (Å²) in [5, 5.41) is 9.65. The molecule has 3 unspecified atom stereocenters. The van der Waals surface area contributed by atoms with Crippen LogP contribution in [0.2, 0.25) is 0 Å². The lowest BCUT2D eigenvalue weighted by Gasteiger charge is -2.46. The third kappa shape index (κ3) is 1.73. The van der Waals surface area contributed by atoms with E-state index in [0.29, 0.717) is 13.0 Å². The first-order valence-corrected chi connectivity index (χ1v) is 6.26. The monoisotopic (exact) mass is 240 g/mol. The lowest BCUT2D eigenvalue weighted by molar-refractivity contribution is -0.165. The van der Waals surface area contributed by atoms with Crippen LogP contribution in [-0.4, -0.2) is 58.5 Å². The van der Waals surface area contributed by atoms with Gasteiger partial charge < -0.3 is 14.9 Å². The summed E-state index contributed by atoms with van der Waals surface area (Å²) in [5.41, 5.74) is -0.965. The summed E-state index contributed by atoms with van der Waals surface area (Å²) >= 11 is 0. The van der Waals surface area contributed by atoms with Crippen LogP contribution < -0.4 is 0 Å². The third-order valence-electron chi connectivity index (χ3n) is 4.31. The van der Waals surface area contributed by atoms with Crippen molar-refractivity contribution in [3.05, 3.63) is 0 Å². The molecule has 0 aromatic rings. The quantitative estimate of drug-likeness (QED) is 0.776. The number of fused-ring (bicyclic) bond motifs is 2. The van der Waals surface area contributed by atoms with Gasteiger partial charge >= 0.3 is 5.97 Å². The van der Waals surface area contributed by atoms with Crippen molar-refractivity contribution in [1.82, 2.24) is 9.80 Å². The molecule has 2 aliphatic rings. The van der Waals surface area contributed by atoms with Crippen molar-refractivity contribution in [2.24, 2.45) is 5.92 Å². The molecule has 5 nitrogen and oxygen atoms in total. The minimum absolute atomic E-state index is 0.0811. The third-order valence-corrected chi connectivity index (χ3v) is 4.31. The fraction of sp³-hybridized carbons (Fsp3) is 0.833. The van der Waals surface area contributed by atoms with Gasteiger partial charge in [0.25, 0.3) is 0 Å². The Kier molecular flexibility index (Phi) is 3.12. The molecule has 96 valence electrons. The molecule has 1 amide bonds. The normalized spacial score (nSPS) is 35.6. The molecule has 2 rings (SSSR count). The summed E-state index contributed by atoms with van der Waals surface area (Å²) in [4.78, 5) is 27.3. The van der Waals surface area contributed by atoms with E-state index in [0.717, 1.165) is 26.1 Å². The van der Waals surface area contributed by atoms with E-state index in [2.05, 4.69) is 4.90 Å². The molecule has 2 saturated heterocycles. The highest BCUT2D eigenvalue weighted by Crippen LogP contribution is 2.40. The summed E-state index contributed by atoms with van der Waals surface area (Å²) < 4.78 is 0. The Morgan fingerprint density at radius 2 is 2.18 bits per heavy atom. The van der Waals surface area contributed by atoms with Crippen LogP contribution in [0.25, 0.3) is 0 Å². The summed E-state index contributed by atoms with van der Waals surface area (Å²) in [6, 6.07) is 0. The van der Waals surface area contributed by atoms with Gasteiger partial charge in [0, 0.05) is 32.5 Å². The van der Waals surface area contributed by atoms with Gasteiger partial charge in [0.1, 0.15) is 5.54 Å². The number of hydrogen-bond donors (Lipinski definition) is 1. The second kappa shape index (κ2) is 4.29. The van der Waals surface area contributed by atoms with Gasteiger partial charge in [-0.2, -0.15) is 0 Å². The van der Waals surface area contributed by atoms with Gasteiger partial charge in [-0.25, -0.2) is 4.79 Å². The molecule has 2 bridgehead atoms. The Labute approximate surface area is 101 Å². The van der Waals surface area contributed by atoms with Crippen LogP contribution in [0, 0.1) is 5.92 Å². The van der Waals surface area contributed by atoms with Crippen LogP contribution in [0.15, 0.2) is 0 Å². The van der Waals surface area contributed by atoms with Gasteiger partial charge in [0.15, 0.2) is 0 Å². The predicted molar refractivity (Wildman–Crippen MR) is 62.6 cm³/mol. The number of carbonyl (C=O) groups excluding carboxylic acids is 1. The lowest BCUT2D eigenvalue weighted by atomic mass is 9.77. The van der Waals surface area contributed by atoms with E-state index in [1.54, 1.807) is 4.90 Å². The van der Waals surface area contributed by atoms with Crippen LogP contribution in [-0.2, 0) is 9.59 Å². The van der Waals surface area contributed by atoms with Gasteiger partial charge in [-0.1, -0.05) is 0 Å². The van der Waals surface area contributed by atoms with Crippen LogP contribution in [0.4, 0.5) is 0 Å². The number of piperidine rings is 1. The number of carboxylic acids is 1. The van der Waals surface area contributed by atoms with Gasteiger partial charge in [-0.3, -0.25) is 4.79 Å². The zero-order valence-electron chi connectivity index (χ0n) is 10.5. The number of carbonyl (C=O) groups is 2. The SMILES string of the molecule is CCN(C(C)=O)C1(C(=O)O)CCN2CCC1C2. The number of rotatable bonds is 3. The molecule has 0 radical (unpaired) electrons. The van der Waals surface area contributed by atoms with Crippen molar-refractivity contribution >= 4 is 11.9 Å². The number of nitrogens with zero attached hydrogens (tertiary/aromatic N) is 2. The highest BCUT2D eigenvalue weighted by atomic mass is 16.4. The minimum atomic E-state index is -0.965. The summed E-state index contributed by atoms with van der Waals surface area (Å²) in [5.74, 6) is -0.881. The summed E-state index contributed by atoms with van der Waals surface area (Å²) in [7, 11) is 0. The maximum absolute atomic E-state index is 11.8. The van der Waals surface area contributed by atoms with Crippen LogP contribution in [0.1, 0.15) is 26.7 Å².